The molecule has 0 radical (unpaired) electrons. The molecular formula is C13H23N3O3S2. The number of nitrogens with one attached hydrogen (secondary N) is 1. The highest BCUT2D eigenvalue weighted by Gasteiger charge is 2.25. The third-order valence-corrected chi connectivity index (χ3v) is 6.51. The number of nitrogens with two attached hydrogens (primary N) is 1. The molecule has 2 rings (SSSR count). The van der Waals surface area contributed by atoms with Crippen molar-refractivity contribution < 1.29 is 13.2 Å². The minimum absolute atomic E-state index is 0.155. The van der Waals surface area contributed by atoms with Crippen LogP contribution in [0.2, 0.25) is 0 Å². The van der Waals surface area contributed by atoms with Crippen molar-refractivity contribution in [3.8, 4) is 0 Å². The Hall–Kier alpha value is -0.510. The zero-order valence-corrected chi connectivity index (χ0v) is 14.1. The van der Waals surface area contributed by atoms with Crippen LogP contribution in [0.5, 0.6) is 0 Å². The van der Waals surface area contributed by atoms with Crippen LogP contribution in [0, 0.1) is 6.92 Å². The maximum Gasteiger partial charge on any atom is 0.242 e. The Balaban J connectivity index is 2.04. The van der Waals surface area contributed by atoms with Crippen LogP contribution in [-0.4, -0.2) is 52.2 Å². The van der Waals surface area contributed by atoms with Crippen LogP contribution < -0.4 is 10.5 Å². The summed E-state index contributed by atoms with van der Waals surface area (Å²) < 4.78 is 33.1. The summed E-state index contributed by atoms with van der Waals surface area (Å²) in [5.41, 5.74) is 6.39. The number of hydrogen-bond acceptors (Lipinski definition) is 6. The smallest absolute Gasteiger partial charge is 0.242 e. The number of sulfonamides is 1. The van der Waals surface area contributed by atoms with E-state index in [1.807, 2.05) is 12.3 Å². The third kappa shape index (κ3) is 4.24. The van der Waals surface area contributed by atoms with E-state index in [2.05, 4.69) is 9.62 Å². The van der Waals surface area contributed by atoms with Crippen LogP contribution in [0.25, 0.3) is 0 Å². The average Bonchev–Trinajstić information content (AvgIpc) is 2.81. The lowest BCUT2D eigenvalue weighted by Crippen LogP contribution is -2.46. The van der Waals surface area contributed by atoms with E-state index in [0.717, 1.165) is 18.7 Å². The summed E-state index contributed by atoms with van der Waals surface area (Å²) in [6.45, 7) is 7.72. The number of nitrogens with zero attached hydrogens (tertiary/aromatic N) is 1. The van der Waals surface area contributed by atoms with Crippen molar-refractivity contribution in [1.82, 2.24) is 9.62 Å². The normalized spacial score (nSPS) is 18.8. The maximum absolute atomic E-state index is 12.5. The molecule has 1 aliphatic rings. The van der Waals surface area contributed by atoms with E-state index in [1.54, 1.807) is 6.92 Å². The van der Waals surface area contributed by atoms with Gasteiger partial charge in [0.2, 0.25) is 10.0 Å². The molecular weight excluding hydrogens is 310 g/mol. The predicted molar refractivity (Wildman–Crippen MR) is 84.0 cm³/mol. The van der Waals surface area contributed by atoms with E-state index in [4.69, 9.17) is 10.5 Å². The van der Waals surface area contributed by atoms with Crippen molar-refractivity contribution in [2.75, 3.05) is 32.8 Å². The summed E-state index contributed by atoms with van der Waals surface area (Å²) in [5, 5.41) is 1.84. The molecule has 0 aliphatic carbocycles. The van der Waals surface area contributed by atoms with Gasteiger partial charge in [0.15, 0.2) is 0 Å². The first kappa shape index (κ1) is 16.9. The van der Waals surface area contributed by atoms with E-state index < -0.39 is 10.0 Å². The Morgan fingerprint density at radius 3 is 2.76 bits per heavy atom. The Kier molecular flexibility index (Phi) is 5.75. The monoisotopic (exact) mass is 333 g/mol. The number of ether oxygens (including phenoxy) is 1. The quantitative estimate of drug-likeness (QED) is 0.792. The lowest BCUT2D eigenvalue weighted by molar-refractivity contribution is 0.0354. The molecule has 21 heavy (non-hydrogen) atoms. The van der Waals surface area contributed by atoms with Crippen LogP contribution in [0.1, 0.15) is 17.4 Å². The van der Waals surface area contributed by atoms with E-state index >= 15 is 0 Å². The zero-order valence-electron chi connectivity index (χ0n) is 12.5. The number of hydrogen-bond donors (Lipinski definition) is 2. The van der Waals surface area contributed by atoms with Gasteiger partial charge in [-0.1, -0.05) is 0 Å². The van der Waals surface area contributed by atoms with Gasteiger partial charge in [-0.25, -0.2) is 13.1 Å². The SMILES string of the molecule is Cc1csc(CN)c1S(=O)(=O)NC(C)CN1CCOCC1. The van der Waals surface area contributed by atoms with Gasteiger partial charge < -0.3 is 10.5 Å². The minimum atomic E-state index is -3.52. The Bertz CT molecular complexity index is 565. The fourth-order valence-corrected chi connectivity index (χ4v) is 5.46. The van der Waals surface area contributed by atoms with Gasteiger partial charge in [-0.2, -0.15) is 0 Å². The highest BCUT2D eigenvalue weighted by atomic mass is 32.2. The largest absolute Gasteiger partial charge is 0.379 e. The number of aryl methyl sites for hydroxylation is 1. The van der Waals surface area contributed by atoms with Crippen molar-refractivity contribution in [3.63, 3.8) is 0 Å². The van der Waals surface area contributed by atoms with Gasteiger partial charge in [0.25, 0.3) is 0 Å². The number of rotatable bonds is 6. The van der Waals surface area contributed by atoms with E-state index in [-0.39, 0.29) is 12.6 Å². The second-order valence-corrected chi connectivity index (χ2v) is 7.93. The Labute approximate surface area is 130 Å². The first-order chi connectivity index (χ1) is 9.94. The van der Waals surface area contributed by atoms with E-state index in [1.165, 1.54) is 11.3 Å². The molecule has 1 aromatic rings. The van der Waals surface area contributed by atoms with Crippen molar-refractivity contribution in [2.24, 2.45) is 5.73 Å². The molecule has 2 heterocycles. The van der Waals surface area contributed by atoms with Gasteiger partial charge in [-0.15, -0.1) is 11.3 Å². The van der Waals surface area contributed by atoms with Gasteiger partial charge >= 0.3 is 0 Å². The molecule has 0 aromatic carbocycles. The molecule has 1 fully saturated rings. The lowest BCUT2D eigenvalue weighted by atomic mass is 10.3. The van der Waals surface area contributed by atoms with Crippen molar-refractivity contribution >= 4 is 21.4 Å². The van der Waals surface area contributed by atoms with Crippen molar-refractivity contribution in [1.29, 1.82) is 0 Å². The molecule has 0 saturated carbocycles. The maximum atomic E-state index is 12.5. The molecule has 120 valence electrons. The Morgan fingerprint density at radius 1 is 1.48 bits per heavy atom. The van der Waals surface area contributed by atoms with E-state index in [9.17, 15) is 8.42 Å². The Morgan fingerprint density at radius 2 is 2.14 bits per heavy atom. The first-order valence-electron chi connectivity index (χ1n) is 7.03. The highest BCUT2D eigenvalue weighted by molar-refractivity contribution is 7.89. The summed E-state index contributed by atoms with van der Waals surface area (Å²) in [5.74, 6) is 0. The summed E-state index contributed by atoms with van der Waals surface area (Å²) in [4.78, 5) is 3.27. The fourth-order valence-electron chi connectivity index (χ4n) is 2.52. The van der Waals surface area contributed by atoms with Crippen molar-refractivity contribution in [2.45, 2.75) is 31.3 Å². The van der Waals surface area contributed by atoms with Crippen LogP contribution in [0.15, 0.2) is 10.3 Å². The molecule has 1 unspecified atom stereocenters. The topological polar surface area (TPSA) is 84.7 Å². The standard InChI is InChI=1S/C13H23N3O3S2/c1-10-9-20-12(7-14)13(10)21(17,18)15-11(2)8-16-3-5-19-6-4-16/h9,11,15H,3-8,14H2,1-2H3. The van der Waals surface area contributed by atoms with Crippen LogP contribution in [0.4, 0.5) is 0 Å². The summed E-state index contributed by atoms with van der Waals surface area (Å²) in [6, 6.07) is -0.155. The second-order valence-electron chi connectivity index (χ2n) is 5.31. The molecule has 8 heteroatoms. The van der Waals surface area contributed by atoms with Crippen LogP contribution in [-0.2, 0) is 21.3 Å². The van der Waals surface area contributed by atoms with Gasteiger partial charge in [0.05, 0.1) is 13.2 Å². The van der Waals surface area contributed by atoms with Crippen molar-refractivity contribution in [3.05, 3.63) is 15.8 Å². The number of thiophene rings is 1. The van der Waals surface area contributed by atoms with Gasteiger partial charge in [0.1, 0.15) is 4.90 Å². The fraction of sp³-hybridized carbons (Fsp3) is 0.692. The van der Waals surface area contributed by atoms with E-state index in [0.29, 0.717) is 29.5 Å². The first-order valence-corrected chi connectivity index (χ1v) is 9.40. The van der Waals surface area contributed by atoms with Gasteiger partial charge in [0, 0.05) is 37.1 Å². The average molecular weight is 333 g/mol. The van der Waals surface area contributed by atoms with Crippen LogP contribution in [0.3, 0.4) is 0 Å². The second kappa shape index (κ2) is 7.17. The number of morpholine rings is 1. The molecule has 1 aromatic heterocycles. The van der Waals surface area contributed by atoms with Gasteiger partial charge in [-0.3, -0.25) is 4.90 Å². The lowest BCUT2D eigenvalue weighted by Gasteiger charge is -2.29. The molecule has 1 saturated heterocycles. The molecule has 3 N–H and O–H groups in total. The molecule has 1 aliphatic heterocycles. The highest BCUT2D eigenvalue weighted by Crippen LogP contribution is 2.26. The molecule has 6 nitrogen and oxygen atoms in total. The molecule has 0 amide bonds. The third-order valence-electron chi connectivity index (χ3n) is 3.44. The molecule has 0 bridgehead atoms. The molecule has 0 spiro atoms. The predicted octanol–water partition coefficient (Wildman–Crippen LogP) is 0.514. The van der Waals surface area contributed by atoms with Gasteiger partial charge in [-0.05, 0) is 24.8 Å². The summed E-state index contributed by atoms with van der Waals surface area (Å²) in [6.07, 6.45) is 0. The minimum Gasteiger partial charge on any atom is -0.379 e. The molecule has 1 atom stereocenters. The zero-order chi connectivity index (χ0) is 15.5. The summed E-state index contributed by atoms with van der Waals surface area (Å²) >= 11 is 1.39. The summed E-state index contributed by atoms with van der Waals surface area (Å²) in [7, 11) is -3.52. The van der Waals surface area contributed by atoms with Crippen LogP contribution >= 0.6 is 11.3 Å².